The van der Waals surface area contributed by atoms with Gasteiger partial charge in [0.1, 0.15) is 11.5 Å². The number of nitrogens with zero attached hydrogens (tertiary/aromatic N) is 2. The minimum absolute atomic E-state index is 0.102. The summed E-state index contributed by atoms with van der Waals surface area (Å²) >= 11 is 0. The maximum atomic E-state index is 14.2. The SMILES string of the molecule is O=C(N[C@@H](c1ccc(C(F)(F)F)cc1)c1ncccc1F)c1cccnc1. The standard InChI is InChI=1S/C19H13F4N3O/c20-15-4-2-10-25-17(15)16(26-18(27)13-3-1-9-24-11-13)12-5-7-14(8-6-12)19(21,22)23/h1-11,16H,(H,26,27)/t16-/m0/s1. The lowest BCUT2D eigenvalue weighted by Crippen LogP contribution is -2.30. The van der Waals surface area contributed by atoms with E-state index in [0.29, 0.717) is 0 Å². The minimum Gasteiger partial charge on any atom is -0.339 e. The number of pyridine rings is 2. The van der Waals surface area contributed by atoms with Crippen molar-refractivity contribution in [1.82, 2.24) is 15.3 Å². The highest BCUT2D eigenvalue weighted by atomic mass is 19.4. The third-order valence-electron chi connectivity index (χ3n) is 3.83. The lowest BCUT2D eigenvalue weighted by molar-refractivity contribution is -0.137. The first-order chi connectivity index (χ1) is 12.9. The number of halogens is 4. The van der Waals surface area contributed by atoms with E-state index >= 15 is 0 Å². The third kappa shape index (κ3) is 4.28. The number of nitrogens with one attached hydrogen (secondary N) is 1. The molecule has 4 nitrogen and oxygen atoms in total. The Labute approximate surface area is 151 Å². The van der Waals surface area contributed by atoms with E-state index in [1.54, 1.807) is 6.07 Å². The molecule has 138 valence electrons. The molecule has 3 rings (SSSR count). The van der Waals surface area contributed by atoms with Crippen molar-refractivity contribution < 1.29 is 22.4 Å². The normalized spacial score (nSPS) is 12.4. The molecule has 0 spiro atoms. The molecule has 0 aliphatic rings. The molecule has 3 aromatic rings. The summed E-state index contributed by atoms with van der Waals surface area (Å²) in [4.78, 5) is 20.2. The van der Waals surface area contributed by atoms with Crippen molar-refractivity contribution in [1.29, 1.82) is 0 Å². The Balaban J connectivity index is 1.98. The molecule has 1 amide bonds. The number of rotatable bonds is 4. The number of carbonyl (C=O) groups is 1. The van der Waals surface area contributed by atoms with Crippen LogP contribution in [0, 0.1) is 5.82 Å². The molecule has 8 heteroatoms. The Hall–Kier alpha value is -3.29. The highest BCUT2D eigenvalue weighted by Gasteiger charge is 2.31. The highest BCUT2D eigenvalue weighted by molar-refractivity contribution is 5.94. The van der Waals surface area contributed by atoms with Crippen molar-refractivity contribution in [2.75, 3.05) is 0 Å². The Kier molecular flexibility index (Phi) is 5.16. The number of hydrogen-bond acceptors (Lipinski definition) is 3. The number of hydrogen-bond donors (Lipinski definition) is 1. The van der Waals surface area contributed by atoms with Crippen molar-refractivity contribution in [3.8, 4) is 0 Å². The van der Waals surface area contributed by atoms with Crippen LogP contribution in [-0.2, 0) is 6.18 Å². The van der Waals surface area contributed by atoms with Crippen LogP contribution in [0.3, 0.4) is 0 Å². The van der Waals surface area contributed by atoms with E-state index in [2.05, 4.69) is 15.3 Å². The number of aromatic nitrogens is 2. The lowest BCUT2D eigenvalue weighted by atomic mass is 10.0. The second-order valence-corrected chi connectivity index (χ2v) is 5.64. The molecule has 0 aliphatic heterocycles. The summed E-state index contributed by atoms with van der Waals surface area (Å²) in [7, 11) is 0. The van der Waals surface area contributed by atoms with Gasteiger partial charge in [-0.1, -0.05) is 12.1 Å². The maximum Gasteiger partial charge on any atom is 0.416 e. The van der Waals surface area contributed by atoms with Crippen LogP contribution in [0.15, 0.2) is 67.1 Å². The second kappa shape index (κ2) is 7.53. The topological polar surface area (TPSA) is 54.9 Å². The van der Waals surface area contributed by atoms with Gasteiger partial charge < -0.3 is 5.32 Å². The van der Waals surface area contributed by atoms with Crippen molar-refractivity contribution in [3.05, 3.63) is 95.3 Å². The van der Waals surface area contributed by atoms with Crippen LogP contribution in [0.25, 0.3) is 0 Å². The number of carbonyl (C=O) groups excluding carboxylic acids is 1. The Morgan fingerprint density at radius 1 is 1.00 bits per heavy atom. The van der Waals surface area contributed by atoms with E-state index < -0.39 is 29.5 Å². The second-order valence-electron chi connectivity index (χ2n) is 5.64. The van der Waals surface area contributed by atoms with E-state index in [0.717, 1.165) is 18.2 Å². The van der Waals surface area contributed by atoms with Gasteiger partial charge in [-0.05, 0) is 42.0 Å². The predicted molar refractivity (Wildman–Crippen MR) is 89.2 cm³/mol. The predicted octanol–water partition coefficient (Wildman–Crippen LogP) is 4.15. The first-order valence-corrected chi connectivity index (χ1v) is 7.85. The van der Waals surface area contributed by atoms with E-state index in [9.17, 15) is 22.4 Å². The minimum atomic E-state index is -4.50. The molecule has 2 heterocycles. The van der Waals surface area contributed by atoms with Crippen molar-refractivity contribution in [3.63, 3.8) is 0 Å². The largest absolute Gasteiger partial charge is 0.416 e. The van der Waals surface area contributed by atoms with Gasteiger partial charge in [0.2, 0.25) is 0 Å². The van der Waals surface area contributed by atoms with E-state index in [-0.39, 0.29) is 16.8 Å². The van der Waals surface area contributed by atoms with Crippen molar-refractivity contribution >= 4 is 5.91 Å². The molecular weight excluding hydrogens is 362 g/mol. The fourth-order valence-corrected chi connectivity index (χ4v) is 2.50. The van der Waals surface area contributed by atoms with Gasteiger partial charge in [-0.2, -0.15) is 13.2 Å². The zero-order valence-electron chi connectivity index (χ0n) is 13.7. The number of benzene rings is 1. The molecule has 1 N–H and O–H groups in total. The average molecular weight is 375 g/mol. The summed E-state index contributed by atoms with van der Waals surface area (Å²) in [5.74, 6) is -1.24. The van der Waals surface area contributed by atoms with Crippen LogP contribution in [0.2, 0.25) is 0 Å². The third-order valence-corrected chi connectivity index (χ3v) is 3.83. The molecule has 2 aromatic heterocycles. The van der Waals surface area contributed by atoms with E-state index in [4.69, 9.17) is 0 Å². The van der Waals surface area contributed by atoms with Crippen LogP contribution in [0.5, 0.6) is 0 Å². The van der Waals surface area contributed by atoms with Crippen LogP contribution in [0.4, 0.5) is 17.6 Å². The first kappa shape index (κ1) is 18.5. The van der Waals surface area contributed by atoms with Gasteiger partial charge in [-0.25, -0.2) is 4.39 Å². The summed E-state index contributed by atoms with van der Waals surface area (Å²) in [5, 5.41) is 2.60. The Morgan fingerprint density at radius 3 is 2.30 bits per heavy atom. The molecule has 0 bridgehead atoms. The molecule has 0 saturated heterocycles. The molecule has 0 saturated carbocycles. The zero-order chi connectivity index (χ0) is 19.4. The van der Waals surface area contributed by atoms with E-state index in [1.165, 1.54) is 42.9 Å². The van der Waals surface area contributed by atoms with Crippen LogP contribution in [0.1, 0.15) is 33.2 Å². The molecule has 1 aromatic carbocycles. The summed E-state index contributed by atoms with van der Waals surface area (Å²) in [6, 6.07) is 8.67. The van der Waals surface area contributed by atoms with Gasteiger partial charge in [0, 0.05) is 18.6 Å². The van der Waals surface area contributed by atoms with Gasteiger partial charge in [-0.3, -0.25) is 14.8 Å². The van der Waals surface area contributed by atoms with Crippen molar-refractivity contribution in [2.45, 2.75) is 12.2 Å². The fourth-order valence-electron chi connectivity index (χ4n) is 2.50. The Morgan fingerprint density at radius 2 is 1.70 bits per heavy atom. The summed E-state index contributed by atoms with van der Waals surface area (Å²) in [6.45, 7) is 0. The summed E-state index contributed by atoms with van der Waals surface area (Å²) in [5.41, 5.74) is -0.455. The Bertz CT molecular complexity index is 928. The zero-order valence-corrected chi connectivity index (χ0v) is 13.7. The average Bonchev–Trinajstić information content (AvgIpc) is 2.67. The monoisotopic (exact) mass is 375 g/mol. The van der Waals surface area contributed by atoms with Gasteiger partial charge in [0.25, 0.3) is 5.91 Å². The number of alkyl halides is 3. The van der Waals surface area contributed by atoms with Crippen LogP contribution >= 0.6 is 0 Å². The molecule has 27 heavy (non-hydrogen) atoms. The molecule has 0 unspecified atom stereocenters. The van der Waals surface area contributed by atoms with E-state index in [1.807, 2.05) is 0 Å². The maximum absolute atomic E-state index is 14.2. The highest BCUT2D eigenvalue weighted by Crippen LogP contribution is 2.31. The van der Waals surface area contributed by atoms with Gasteiger partial charge in [-0.15, -0.1) is 0 Å². The summed E-state index contributed by atoms with van der Waals surface area (Å²) < 4.78 is 52.6. The molecule has 1 atom stereocenters. The lowest BCUT2D eigenvalue weighted by Gasteiger charge is -2.20. The van der Waals surface area contributed by atoms with Gasteiger partial charge in [0.15, 0.2) is 0 Å². The van der Waals surface area contributed by atoms with Crippen molar-refractivity contribution in [2.24, 2.45) is 0 Å². The molecular formula is C19H13F4N3O. The number of amides is 1. The van der Waals surface area contributed by atoms with Gasteiger partial charge >= 0.3 is 6.18 Å². The van der Waals surface area contributed by atoms with Crippen LogP contribution < -0.4 is 5.32 Å². The molecule has 0 radical (unpaired) electrons. The van der Waals surface area contributed by atoms with Crippen LogP contribution in [-0.4, -0.2) is 15.9 Å². The summed E-state index contributed by atoms with van der Waals surface area (Å²) in [6.07, 6.45) is -0.342. The first-order valence-electron chi connectivity index (χ1n) is 7.85. The quantitative estimate of drug-likeness (QED) is 0.697. The van der Waals surface area contributed by atoms with Gasteiger partial charge in [0.05, 0.1) is 17.2 Å². The molecule has 0 aliphatic carbocycles. The molecule has 0 fully saturated rings. The smallest absolute Gasteiger partial charge is 0.339 e. The fraction of sp³-hybridized carbons (Fsp3) is 0.105.